The second-order valence-electron chi connectivity index (χ2n) is 5.58. The first-order valence-electron chi connectivity index (χ1n) is 6.83. The van der Waals surface area contributed by atoms with Gasteiger partial charge in [0.2, 0.25) is 5.91 Å². The van der Waals surface area contributed by atoms with Crippen molar-refractivity contribution in [2.45, 2.75) is 71.3 Å². The number of rotatable bonds is 9. The third kappa shape index (κ3) is 10.3. The van der Waals surface area contributed by atoms with Crippen molar-refractivity contribution in [1.82, 2.24) is 4.90 Å². The van der Waals surface area contributed by atoms with E-state index < -0.39 is 5.60 Å². The predicted octanol–water partition coefficient (Wildman–Crippen LogP) is 2.97. The molecule has 0 aromatic rings. The molecule has 3 heteroatoms. The Balaban J connectivity index is 3.58. The van der Waals surface area contributed by atoms with E-state index in [0.29, 0.717) is 13.0 Å². The fourth-order valence-corrected chi connectivity index (χ4v) is 1.92. The lowest BCUT2D eigenvalue weighted by Gasteiger charge is -2.25. The van der Waals surface area contributed by atoms with E-state index in [4.69, 9.17) is 0 Å². The zero-order valence-corrected chi connectivity index (χ0v) is 12.0. The van der Waals surface area contributed by atoms with E-state index in [1.165, 1.54) is 25.7 Å². The topological polar surface area (TPSA) is 40.5 Å². The van der Waals surface area contributed by atoms with Gasteiger partial charge >= 0.3 is 0 Å². The monoisotopic (exact) mass is 243 g/mol. The largest absolute Gasteiger partial charge is 0.389 e. The third-order valence-electron chi connectivity index (χ3n) is 2.79. The average molecular weight is 243 g/mol. The zero-order chi connectivity index (χ0) is 13.3. The summed E-state index contributed by atoms with van der Waals surface area (Å²) in [7, 11) is 1.76. The number of nitrogens with zero attached hydrogens (tertiary/aromatic N) is 1. The van der Waals surface area contributed by atoms with E-state index in [0.717, 1.165) is 12.8 Å². The van der Waals surface area contributed by atoms with Crippen LogP contribution in [0.1, 0.15) is 65.7 Å². The number of hydrogen-bond acceptors (Lipinski definition) is 2. The first-order chi connectivity index (χ1) is 7.87. The molecule has 0 spiro atoms. The van der Waals surface area contributed by atoms with Crippen LogP contribution in [0.2, 0.25) is 0 Å². The lowest BCUT2D eigenvalue weighted by molar-refractivity contribution is -0.132. The second kappa shape index (κ2) is 8.51. The fourth-order valence-electron chi connectivity index (χ4n) is 1.92. The molecular formula is C14H29NO2. The highest BCUT2D eigenvalue weighted by Gasteiger charge is 2.18. The van der Waals surface area contributed by atoms with Crippen molar-refractivity contribution >= 4 is 5.91 Å². The van der Waals surface area contributed by atoms with Gasteiger partial charge in [-0.2, -0.15) is 0 Å². The van der Waals surface area contributed by atoms with Crippen molar-refractivity contribution in [3.8, 4) is 0 Å². The second-order valence-corrected chi connectivity index (χ2v) is 5.58. The van der Waals surface area contributed by atoms with Crippen LogP contribution < -0.4 is 0 Å². The maximum absolute atomic E-state index is 11.7. The molecule has 0 fully saturated rings. The standard InChI is InChI=1S/C14H29NO2/c1-5-6-7-8-9-10-11-13(16)15(4)12-14(2,3)17/h17H,5-12H2,1-4H3. The summed E-state index contributed by atoms with van der Waals surface area (Å²) in [6.07, 6.45) is 7.79. The Bertz CT molecular complexity index is 209. The first-order valence-corrected chi connectivity index (χ1v) is 6.83. The summed E-state index contributed by atoms with van der Waals surface area (Å²) in [6, 6.07) is 0. The lowest BCUT2D eigenvalue weighted by atomic mass is 10.1. The Morgan fingerprint density at radius 3 is 2.18 bits per heavy atom. The highest BCUT2D eigenvalue weighted by molar-refractivity contribution is 5.75. The van der Waals surface area contributed by atoms with Crippen LogP contribution in [0.3, 0.4) is 0 Å². The predicted molar refractivity (Wildman–Crippen MR) is 71.9 cm³/mol. The lowest BCUT2D eigenvalue weighted by Crippen LogP contribution is -2.39. The van der Waals surface area contributed by atoms with Gasteiger partial charge in [-0.15, -0.1) is 0 Å². The van der Waals surface area contributed by atoms with Gasteiger partial charge in [0.25, 0.3) is 0 Å². The Hall–Kier alpha value is -0.570. The molecule has 0 bridgehead atoms. The number of unbranched alkanes of at least 4 members (excludes halogenated alkanes) is 5. The number of hydrogen-bond donors (Lipinski definition) is 1. The Morgan fingerprint density at radius 2 is 1.65 bits per heavy atom. The highest BCUT2D eigenvalue weighted by Crippen LogP contribution is 2.09. The van der Waals surface area contributed by atoms with Crippen LogP contribution in [-0.2, 0) is 4.79 Å². The molecule has 0 aromatic carbocycles. The SMILES string of the molecule is CCCCCCCCC(=O)N(C)CC(C)(C)O. The van der Waals surface area contributed by atoms with E-state index in [9.17, 15) is 9.90 Å². The number of carbonyl (C=O) groups excluding carboxylic acids is 1. The van der Waals surface area contributed by atoms with Crippen LogP contribution >= 0.6 is 0 Å². The summed E-state index contributed by atoms with van der Waals surface area (Å²) < 4.78 is 0. The first kappa shape index (κ1) is 16.4. The van der Waals surface area contributed by atoms with Crippen LogP contribution in [0.4, 0.5) is 0 Å². The molecule has 0 heterocycles. The zero-order valence-electron chi connectivity index (χ0n) is 12.0. The molecule has 0 saturated heterocycles. The Morgan fingerprint density at radius 1 is 1.12 bits per heavy atom. The molecule has 0 aromatic heterocycles. The van der Waals surface area contributed by atoms with Crippen LogP contribution in [0, 0.1) is 0 Å². The number of likely N-dealkylation sites (N-methyl/N-ethyl adjacent to an activating group) is 1. The summed E-state index contributed by atoms with van der Waals surface area (Å²) in [5.74, 6) is 0.141. The van der Waals surface area contributed by atoms with Crippen molar-refractivity contribution in [3.63, 3.8) is 0 Å². The van der Waals surface area contributed by atoms with Gasteiger partial charge in [-0.1, -0.05) is 39.0 Å². The average Bonchev–Trinajstić information content (AvgIpc) is 2.20. The summed E-state index contributed by atoms with van der Waals surface area (Å²) in [5.41, 5.74) is -0.800. The van der Waals surface area contributed by atoms with E-state index in [1.54, 1.807) is 25.8 Å². The Kier molecular flexibility index (Phi) is 8.23. The summed E-state index contributed by atoms with van der Waals surface area (Å²) in [5, 5.41) is 9.61. The van der Waals surface area contributed by atoms with Gasteiger partial charge in [0, 0.05) is 20.0 Å². The summed E-state index contributed by atoms with van der Waals surface area (Å²) in [4.78, 5) is 13.4. The molecule has 0 aliphatic carbocycles. The molecule has 0 aliphatic rings. The molecule has 1 N–H and O–H groups in total. The van der Waals surface area contributed by atoms with E-state index in [-0.39, 0.29) is 5.91 Å². The van der Waals surface area contributed by atoms with Gasteiger partial charge < -0.3 is 10.0 Å². The summed E-state index contributed by atoms with van der Waals surface area (Å²) in [6.45, 7) is 6.06. The number of amides is 1. The smallest absolute Gasteiger partial charge is 0.222 e. The normalized spacial score (nSPS) is 11.6. The van der Waals surface area contributed by atoms with Crippen LogP contribution in [0.25, 0.3) is 0 Å². The fraction of sp³-hybridized carbons (Fsp3) is 0.929. The molecule has 0 saturated carbocycles. The quantitative estimate of drug-likeness (QED) is 0.632. The minimum absolute atomic E-state index is 0.141. The van der Waals surface area contributed by atoms with Crippen molar-refractivity contribution in [2.75, 3.05) is 13.6 Å². The minimum atomic E-state index is -0.800. The van der Waals surface area contributed by atoms with Gasteiger partial charge in [0.1, 0.15) is 0 Å². The third-order valence-corrected chi connectivity index (χ3v) is 2.79. The maximum Gasteiger partial charge on any atom is 0.222 e. The van der Waals surface area contributed by atoms with Crippen molar-refractivity contribution in [2.24, 2.45) is 0 Å². The number of carbonyl (C=O) groups is 1. The van der Waals surface area contributed by atoms with Crippen LogP contribution in [-0.4, -0.2) is 35.1 Å². The van der Waals surface area contributed by atoms with Gasteiger partial charge in [-0.05, 0) is 20.3 Å². The molecule has 0 atom stereocenters. The van der Waals surface area contributed by atoms with Gasteiger partial charge in [0.15, 0.2) is 0 Å². The molecular weight excluding hydrogens is 214 g/mol. The molecule has 17 heavy (non-hydrogen) atoms. The molecule has 0 unspecified atom stereocenters. The summed E-state index contributed by atoms with van der Waals surface area (Å²) >= 11 is 0. The van der Waals surface area contributed by atoms with Gasteiger partial charge in [-0.3, -0.25) is 4.79 Å². The van der Waals surface area contributed by atoms with E-state index >= 15 is 0 Å². The van der Waals surface area contributed by atoms with Gasteiger partial charge in [-0.25, -0.2) is 0 Å². The molecule has 1 amide bonds. The van der Waals surface area contributed by atoms with Crippen LogP contribution in [0.15, 0.2) is 0 Å². The van der Waals surface area contributed by atoms with E-state index in [1.807, 2.05) is 0 Å². The molecule has 102 valence electrons. The van der Waals surface area contributed by atoms with Crippen molar-refractivity contribution in [1.29, 1.82) is 0 Å². The molecule has 0 rings (SSSR count). The maximum atomic E-state index is 11.7. The van der Waals surface area contributed by atoms with E-state index in [2.05, 4.69) is 6.92 Å². The van der Waals surface area contributed by atoms with Gasteiger partial charge in [0.05, 0.1) is 5.60 Å². The minimum Gasteiger partial charge on any atom is -0.389 e. The van der Waals surface area contributed by atoms with Crippen molar-refractivity contribution < 1.29 is 9.90 Å². The Labute approximate surface area is 106 Å². The molecule has 0 aliphatic heterocycles. The molecule has 0 radical (unpaired) electrons. The number of aliphatic hydroxyl groups is 1. The van der Waals surface area contributed by atoms with Crippen molar-refractivity contribution in [3.05, 3.63) is 0 Å². The molecule has 3 nitrogen and oxygen atoms in total. The van der Waals surface area contributed by atoms with Crippen LogP contribution in [0.5, 0.6) is 0 Å². The highest BCUT2D eigenvalue weighted by atomic mass is 16.3.